The normalized spacial score (nSPS) is 11.2. The number of ether oxygens (including phenoxy) is 1. The smallest absolute Gasteiger partial charge is 0.416 e. The lowest BCUT2D eigenvalue weighted by Gasteiger charge is -2.20. The molecule has 1 aromatic heterocycles. The lowest BCUT2D eigenvalue weighted by Crippen LogP contribution is -2.28. The molecule has 1 amide bonds. The minimum absolute atomic E-state index is 0.0266. The second-order valence-corrected chi connectivity index (χ2v) is 4.88. The molecule has 0 aliphatic heterocycles. The van der Waals surface area contributed by atoms with E-state index in [9.17, 15) is 18.0 Å². The molecule has 4 nitrogen and oxygen atoms in total. The zero-order valence-corrected chi connectivity index (χ0v) is 12.6. The van der Waals surface area contributed by atoms with Crippen LogP contribution in [0, 0.1) is 0 Å². The maximum Gasteiger partial charge on any atom is 0.416 e. The number of hydrogen-bond donors (Lipinski definition) is 0. The van der Waals surface area contributed by atoms with Gasteiger partial charge in [-0.15, -0.1) is 0 Å². The maximum absolute atomic E-state index is 13.0. The van der Waals surface area contributed by atoms with Gasteiger partial charge in [0.1, 0.15) is 5.56 Å². The number of benzene rings is 1. The molecular weight excluding hydrogens is 309 g/mol. The van der Waals surface area contributed by atoms with Crippen LogP contribution in [0.3, 0.4) is 0 Å². The van der Waals surface area contributed by atoms with E-state index in [1.54, 1.807) is 6.07 Å². The highest BCUT2D eigenvalue weighted by Gasteiger charge is 2.33. The standard InChI is InChI=1S/C16H15F3N2O2/c1-21(15(22)12-7-5-9-20-14(12)23-2)10-11-6-3-4-8-13(11)16(17,18)19/h3-9H,10H2,1-2H3. The van der Waals surface area contributed by atoms with E-state index in [0.29, 0.717) is 0 Å². The van der Waals surface area contributed by atoms with E-state index >= 15 is 0 Å². The number of aromatic nitrogens is 1. The van der Waals surface area contributed by atoms with Gasteiger partial charge in [-0.2, -0.15) is 13.2 Å². The van der Waals surface area contributed by atoms with Crippen LogP contribution in [-0.2, 0) is 12.7 Å². The molecule has 2 aromatic rings. The molecule has 0 aliphatic rings. The van der Waals surface area contributed by atoms with E-state index in [-0.39, 0.29) is 23.6 Å². The maximum atomic E-state index is 13.0. The first kappa shape index (κ1) is 16.8. The molecule has 122 valence electrons. The molecule has 0 aliphatic carbocycles. The summed E-state index contributed by atoms with van der Waals surface area (Å²) in [7, 11) is 2.81. The average molecular weight is 324 g/mol. The fourth-order valence-corrected chi connectivity index (χ4v) is 2.18. The predicted molar refractivity (Wildman–Crippen MR) is 78.0 cm³/mol. The van der Waals surface area contributed by atoms with Crippen LogP contribution in [0.5, 0.6) is 5.88 Å². The molecule has 2 rings (SSSR count). The van der Waals surface area contributed by atoms with Gasteiger partial charge in [-0.3, -0.25) is 4.79 Å². The van der Waals surface area contributed by atoms with Crippen molar-refractivity contribution in [1.82, 2.24) is 9.88 Å². The first-order valence-corrected chi connectivity index (χ1v) is 6.74. The van der Waals surface area contributed by atoms with Crippen molar-refractivity contribution in [2.45, 2.75) is 12.7 Å². The third-order valence-electron chi connectivity index (χ3n) is 3.27. The van der Waals surface area contributed by atoms with Crippen LogP contribution >= 0.6 is 0 Å². The van der Waals surface area contributed by atoms with E-state index in [2.05, 4.69) is 4.98 Å². The second kappa shape index (κ2) is 6.68. The zero-order valence-electron chi connectivity index (χ0n) is 12.6. The van der Waals surface area contributed by atoms with Gasteiger partial charge in [-0.05, 0) is 23.8 Å². The van der Waals surface area contributed by atoms with Crippen LogP contribution in [-0.4, -0.2) is 29.9 Å². The van der Waals surface area contributed by atoms with Crippen molar-refractivity contribution in [2.24, 2.45) is 0 Å². The zero-order chi connectivity index (χ0) is 17.0. The largest absolute Gasteiger partial charge is 0.480 e. The molecule has 0 bridgehead atoms. The number of carbonyl (C=O) groups is 1. The number of carbonyl (C=O) groups excluding carboxylic acids is 1. The van der Waals surface area contributed by atoms with E-state index in [1.165, 1.54) is 49.5 Å². The third kappa shape index (κ3) is 3.80. The van der Waals surface area contributed by atoms with E-state index < -0.39 is 17.6 Å². The van der Waals surface area contributed by atoms with Crippen molar-refractivity contribution in [3.8, 4) is 5.88 Å². The Bertz CT molecular complexity index is 702. The van der Waals surface area contributed by atoms with Crippen molar-refractivity contribution in [3.63, 3.8) is 0 Å². The minimum atomic E-state index is -4.47. The molecule has 0 spiro atoms. The number of methoxy groups -OCH3 is 1. The summed E-state index contributed by atoms with van der Waals surface area (Å²) in [5.74, 6) is -0.333. The number of nitrogens with zero attached hydrogens (tertiary/aromatic N) is 2. The van der Waals surface area contributed by atoms with Gasteiger partial charge >= 0.3 is 6.18 Å². The molecule has 7 heteroatoms. The van der Waals surface area contributed by atoms with E-state index in [4.69, 9.17) is 4.74 Å². The molecule has 0 unspecified atom stereocenters. The molecule has 0 radical (unpaired) electrons. The Kier molecular flexibility index (Phi) is 4.88. The number of amides is 1. The van der Waals surface area contributed by atoms with Crippen LogP contribution < -0.4 is 4.74 Å². The molecular formula is C16H15F3N2O2. The average Bonchev–Trinajstić information content (AvgIpc) is 2.53. The summed E-state index contributed by atoms with van der Waals surface area (Å²) in [5.41, 5.74) is -0.529. The summed E-state index contributed by atoms with van der Waals surface area (Å²) in [6.45, 7) is -0.174. The summed E-state index contributed by atoms with van der Waals surface area (Å²) in [4.78, 5) is 17.5. The van der Waals surface area contributed by atoms with Crippen molar-refractivity contribution in [2.75, 3.05) is 14.2 Å². The minimum Gasteiger partial charge on any atom is -0.480 e. The Hall–Kier alpha value is -2.57. The number of hydrogen-bond acceptors (Lipinski definition) is 3. The van der Waals surface area contributed by atoms with E-state index in [1.807, 2.05) is 0 Å². The highest BCUT2D eigenvalue weighted by atomic mass is 19.4. The van der Waals surface area contributed by atoms with Gasteiger partial charge < -0.3 is 9.64 Å². The van der Waals surface area contributed by atoms with Crippen molar-refractivity contribution in [3.05, 3.63) is 59.3 Å². The number of alkyl halides is 3. The molecule has 0 atom stereocenters. The van der Waals surface area contributed by atoms with Gasteiger partial charge in [0.15, 0.2) is 0 Å². The van der Waals surface area contributed by atoms with Gasteiger partial charge in [-0.1, -0.05) is 18.2 Å². The van der Waals surface area contributed by atoms with E-state index in [0.717, 1.165) is 6.07 Å². The summed E-state index contributed by atoms with van der Waals surface area (Å²) in [6.07, 6.45) is -3.00. The van der Waals surface area contributed by atoms with Gasteiger partial charge in [0.25, 0.3) is 5.91 Å². The lowest BCUT2D eigenvalue weighted by atomic mass is 10.1. The van der Waals surface area contributed by atoms with Gasteiger partial charge in [0.05, 0.1) is 12.7 Å². The summed E-state index contributed by atoms with van der Waals surface area (Å²) in [5, 5.41) is 0. The Labute approximate surface area is 131 Å². The number of rotatable bonds is 4. The molecule has 1 heterocycles. The first-order chi connectivity index (χ1) is 10.8. The quantitative estimate of drug-likeness (QED) is 0.866. The summed E-state index contributed by atoms with van der Waals surface area (Å²) in [6, 6.07) is 8.25. The molecule has 0 fully saturated rings. The molecule has 0 saturated carbocycles. The summed E-state index contributed by atoms with van der Waals surface area (Å²) >= 11 is 0. The van der Waals surface area contributed by atoms with Crippen molar-refractivity contribution >= 4 is 5.91 Å². The van der Waals surface area contributed by atoms with Crippen LogP contribution in [0.2, 0.25) is 0 Å². The Balaban J connectivity index is 2.26. The SMILES string of the molecule is COc1ncccc1C(=O)N(C)Cc1ccccc1C(F)(F)F. The molecule has 1 aromatic carbocycles. The fourth-order valence-electron chi connectivity index (χ4n) is 2.18. The summed E-state index contributed by atoms with van der Waals surface area (Å²) < 4.78 is 44.0. The van der Waals surface area contributed by atoms with Gasteiger partial charge in [0, 0.05) is 19.8 Å². The van der Waals surface area contributed by atoms with Gasteiger partial charge in [0.2, 0.25) is 5.88 Å². The first-order valence-electron chi connectivity index (χ1n) is 6.74. The molecule has 0 saturated heterocycles. The van der Waals surface area contributed by atoms with Crippen LogP contribution in [0.4, 0.5) is 13.2 Å². The number of halogens is 3. The van der Waals surface area contributed by atoms with Gasteiger partial charge in [-0.25, -0.2) is 4.98 Å². The lowest BCUT2D eigenvalue weighted by molar-refractivity contribution is -0.138. The fraction of sp³-hybridized carbons (Fsp3) is 0.250. The highest BCUT2D eigenvalue weighted by Crippen LogP contribution is 2.32. The topological polar surface area (TPSA) is 42.4 Å². The monoisotopic (exact) mass is 324 g/mol. The molecule has 0 N–H and O–H groups in total. The predicted octanol–water partition coefficient (Wildman–Crippen LogP) is 3.38. The Morgan fingerprint density at radius 2 is 1.91 bits per heavy atom. The third-order valence-corrected chi connectivity index (χ3v) is 3.27. The van der Waals surface area contributed by atoms with Crippen LogP contribution in [0.15, 0.2) is 42.6 Å². The van der Waals surface area contributed by atoms with Crippen LogP contribution in [0.1, 0.15) is 21.5 Å². The number of pyridine rings is 1. The van der Waals surface area contributed by atoms with Crippen LogP contribution in [0.25, 0.3) is 0 Å². The highest BCUT2D eigenvalue weighted by molar-refractivity contribution is 5.96. The second-order valence-electron chi connectivity index (χ2n) is 4.88. The molecule has 23 heavy (non-hydrogen) atoms. The Morgan fingerprint density at radius 3 is 2.57 bits per heavy atom. The van der Waals surface area contributed by atoms with Crippen molar-refractivity contribution in [1.29, 1.82) is 0 Å². The van der Waals surface area contributed by atoms with Crippen molar-refractivity contribution < 1.29 is 22.7 Å². The Morgan fingerprint density at radius 1 is 1.22 bits per heavy atom.